The number of carbonyl (C=O) groups excluding carboxylic acids is 3. The summed E-state index contributed by atoms with van der Waals surface area (Å²) < 4.78 is 5.11. The third-order valence-corrected chi connectivity index (χ3v) is 4.90. The van der Waals surface area contributed by atoms with Crippen LogP contribution in [0.4, 0.5) is 4.79 Å². The zero-order valence-corrected chi connectivity index (χ0v) is 16.6. The van der Waals surface area contributed by atoms with Crippen molar-refractivity contribution in [3.8, 4) is 5.75 Å². The van der Waals surface area contributed by atoms with Gasteiger partial charge < -0.3 is 20.5 Å². The minimum Gasteiger partial charge on any atom is -0.497 e. The summed E-state index contributed by atoms with van der Waals surface area (Å²) in [7, 11) is 1.59. The van der Waals surface area contributed by atoms with E-state index in [1.165, 1.54) is 4.90 Å². The molecule has 1 aliphatic heterocycles. The second kappa shape index (κ2) is 10.1. The normalized spacial score (nSPS) is 17.6. The van der Waals surface area contributed by atoms with Crippen LogP contribution in [0, 0.1) is 5.92 Å². The number of hydrogen-bond donors (Lipinski definition) is 3. The summed E-state index contributed by atoms with van der Waals surface area (Å²) >= 11 is 0. The molecule has 0 radical (unpaired) electrons. The summed E-state index contributed by atoms with van der Waals surface area (Å²) in [5.74, 6) is 0.300. The highest BCUT2D eigenvalue weighted by Crippen LogP contribution is 2.15. The Bertz CT molecular complexity index is 690. The molecule has 2 atom stereocenters. The second-order valence-corrected chi connectivity index (χ2v) is 7.23. The van der Waals surface area contributed by atoms with Crippen LogP contribution >= 0.6 is 0 Å². The first-order valence-corrected chi connectivity index (χ1v) is 9.50. The van der Waals surface area contributed by atoms with E-state index in [1.807, 2.05) is 38.1 Å². The maximum absolute atomic E-state index is 12.5. The quantitative estimate of drug-likeness (QED) is 0.517. The average Bonchev–Trinajstić information content (AvgIpc) is 2.96. The topological polar surface area (TPSA) is 108 Å². The fourth-order valence-corrected chi connectivity index (χ4v) is 2.99. The van der Waals surface area contributed by atoms with E-state index in [4.69, 9.17) is 4.74 Å². The van der Waals surface area contributed by atoms with E-state index in [2.05, 4.69) is 10.6 Å². The number of imide groups is 1. The molecule has 154 valence electrons. The maximum Gasteiger partial charge on any atom is 0.324 e. The van der Waals surface area contributed by atoms with Crippen LogP contribution in [0.5, 0.6) is 5.75 Å². The number of amides is 4. The first-order valence-electron chi connectivity index (χ1n) is 9.50. The van der Waals surface area contributed by atoms with Crippen LogP contribution in [0.3, 0.4) is 0 Å². The van der Waals surface area contributed by atoms with Gasteiger partial charge in [0.2, 0.25) is 5.91 Å². The molecule has 3 N–H and O–H groups in total. The van der Waals surface area contributed by atoms with Gasteiger partial charge in [0.1, 0.15) is 11.8 Å². The Kier molecular flexibility index (Phi) is 7.80. The number of nitrogens with zero attached hydrogens (tertiary/aromatic N) is 1. The lowest BCUT2D eigenvalue weighted by molar-refractivity contribution is -0.127. The first-order chi connectivity index (χ1) is 13.3. The fourth-order valence-electron chi connectivity index (χ4n) is 2.99. The Hall–Kier alpha value is -2.61. The van der Waals surface area contributed by atoms with E-state index in [0.717, 1.165) is 11.3 Å². The van der Waals surface area contributed by atoms with Crippen molar-refractivity contribution in [1.29, 1.82) is 0 Å². The monoisotopic (exact) mass is 391 g/mol. The summed E-state index contributed by atoms with van der Waals surface area (Å²) in [5, 5.41) is 14.7. The first kappa shape index (κ1) is 21.7. The van der Waals surface area contributed by atoms with Gasteiger partial charge in [-0.1, -0.05) is 26.0 Å². The van der Waals surface area contributed by atoms with E-state index < -0.39 is 12.1 Å². The van der Waals surface area contributed by atoms with Crippen LogP contribution in [0.1, 0.15) is 32.3 Å². The van der Waals surface area contributed by atoms with Crippen molar-refractivity contribution in [2.75, 3.05) is 20.3 Å². The number of aliphatic hydroxyl groups is 1. The van der Waals surface area contributed by atoms with Gasteiger partial charge in [-0.05, 0) is 36.5 Å². The van der Waals surface area contributed by atoms with Crippen molar-refractivity contribution in [2.24, 2.45) is 5.92 Å². The zero-order valence-electron chi connectivity index (χ0n) is 16.6. The Morgan fingerprint density at radius 3 is 2.54 bits per heavy atom. The molecule has 1 aliphatic rings. The number of aliphatic hydroxyl groups excluding tert-OH is 1. The van der Waals surface area contributed by atoms with E-state index in [1.54, 1.807) is 7.11 Å². The summed E-state index contributed by atoms with van der Waals surface area (Å²) in [5.41, 5.74) is 0.993. The molecule has 0 aliphatic carbocycles. The Morgan fingerprint density at radius 1 is 1.29 bits per heavy atom. The van der Waals surface area contributed by atoms with Crippen molar-refractivity contribution >= 4 is 17.8 Å². The van der Waals surface area contributed by atoms with Gasteiger partial charge in [0.15, 0.2) is 0 Å². The van der Waals surface area contributed by atoms with Gasteiger partial charge >= 0.3 is 6.03 Å². The van der Waals surface area contributed by atoms with Crippen molar-refractivity contribution in [2.45, 2.75) is 45.2 Å². The molecule has 0 unspecified atom stereocenters. The number of nitrogens with one attached hydrogen (secondary N) is 2. The highest BCUT2D eigenvalue weighted by molar-refractivity contribution is 6.04. The molecule has 1 saturated heterocycles. The molecule has 0 spiro atoms. The molecule has 8 heteroatoms. The number of carbonyl (C=O) groups is 3. The number of methoxy groups -OCH3 is 1. The molecular formula is C20H29N3O5. The predicted molar refractivity (Wildman–Crippen MR) is 104 cm³/mol. The molecule has 1 aromatic rings. The van der Waals surface area contributed by atoms with Crippen LogP contribution < -0.4 is 15.4 Å². The molecular weight excluding hydrogens is 362 g/mol. The van der Waals surface area contributed by atoms with Crippen LogP contribution in [0.25, 0.3) is 0 Å². The van der Waals surface area contributed by atoms with Crippen molar-refractivity contribution < 1.29 is 24.2 Å². The molecule has 28 heavy (non-hydrogen) atoms. The number of ether oxygens (including phenoxy) is 1. The van der Waals surface area contributed by atoms with Gasteiger partial charge in [0.25, 0.3) is 5.91 Å². The molecule has 1 heterocycles. The van der Waals surface area contributed by atoms with Gasteiger partial charge in [-0.3, -0.25) is 14.5 Å². The molecule has 0 bridgehead atoms. The SMILES string of the molecule is COc1ccc(CCN2C(=O)N[C@@H](CCC(=O)N[C@H](CO)C(C)C)C2=O)cc1. The van der Waals surface area contributed by atoms with Crippen molar-refractivity contribution in [3.63, 3.8) is 0 Å². The van der Waals surface area contributed by atoms with Crippen molar-refractivity contribution in [1.82, 2.24) is 15.5 Å². The molecule has 4 amide bonds. The Morgan fingerprint density at radius 2 is 1.96 bits per heavy atom. The molecule has 2 rings (SSSR count). The van der Waals surface area contributed by atoms with E-state index in [-0.39, 0.29) is 49.8 Å². The average molecular weight is 391 g/mol. The lowest BCUT2D eigenvalue weighted by Gasteiger charge is -2.20. The minimum atomic E-state index is -0.694. The molecule has 0 saturated carbocycles. The smallest absolute Gasteiger partial charge is 0.324 e. The largest absolute Gasteiger partial charge is 0.497 e. The minimum absolute atomic E-state index is 0.103. The Labute approximate surface area is 165 Å². The third-order valence-electron chi connectivity index (χ3n) is 4.90. The number of urea groups is 1. The lowest BCUT2D eigenvalue weighted by atomic mass is 10.0. The Balaban J connectivity index is 1.82. The third kappa shape index (κ3) is 5.69. The van der Waals surface area contributed by atoms with Crippen LogP contribution in [0.2, 0.25) is 0 Å². The number of hydrogen-bond acceptors (Lipinski definition) is 5. The molecule has 8 nitrogen and oxygen atoms in total. The molecule has 0 aromatic heterocycles. The van der Waals surface area contributed by atoms with E-state index in [0.29, 0.717) is 6.42 Å². The van der Waals surface area contributed by atoms with Crippen LogP contribution in [-0.4, -0.2) is 60.2 Å². The highest BCUT2D eigenvalue weighted by Gasteiger charge is 2.37. The standard InChI is InChI=1S/C20H29N3O5/c1-13(2)17(12-24)21-18(25)9-8-16-19(26)23(20(27)22-16)11-10-14-4-6-15(28-3)7-5-14/h4-7,13,16-17,24H,8-12H2,1-3H3,(H,21,25)(H,22,27)/t16-,17+/m0/s1. The fraction of sp³-hybridized carbons (Fsp3) is 0.550. The van der Waals surface area contributed by atoms with Crippen LogP contribution in [0.15, 0.2) is 24.3 Å². The number of rotatable bonds is 10. The zero-order chi connectivity index (χ0) is 20.7. The van der Waals surface area contributed by atoms with Crippen LogP contribution in [-0.2, 0) is 16.0 Å². The molecule has 1 fully saturated rings. The number of benzene rings is 1. The second-order valence-electron chi connectivity index (χ2n) is 7.23. The van der Waals surface area contributed by atoms with Gasteiger partial charge in [-0.2, -0.15) is 0 Å². The highest BCUT2D eigenvalue weighted by atomic mass is 16.5. The lowest BCUT2D eigenvalue weighted by Crippen LogP contribution is -2.42. The predicted octanol–water partition coefficient (Wildman–Crippen LogP) is 1.07. The summed E-state index contributed by atoms with van der Waals surface area (Å²) in [6, 6.07) is 6.01. The summed E-state index contributed by atoms with van der Waals surface area (Å²) in [6.07, 6.45) is 0.876. The summed E-state index contributed by atoms with van der Waals surface area (Å²) in [6.45, 7) is 3.95. The molecule has 1 aromatic carbocycles. The van der Waals surface area contributed by atoms with Gasteiger partial charge in [-0.15, -0.1) is 0 Å². The van der Waals surface area contributed by atoms with Gasteiger partial charge in [0.05, 0.1) is 19.8 Å². The summed E-state index contributed by atoms with van der Waals surface area (Å²) in [4.78, 5) is 37.8. The van der Waals surface area contributed by atoms with Gasteiger partial charge in [-0.25, -0.2) is 4.79 Å². The van der Waals surface area contributed by atoms with E-state index >= 15 is 0 Å². The van der Waals surface area contributed by atoms with E-state index in [9.17, 15) is 19.5 Å². The maximum atomic E-state index is 12.5. The van der Waals surface area contributed by atoms with Gasteiger partial charge in [0, 0.05) is 13.0 Å². The van der Waals surface area contributed by atoms with Crippen molar-refractivity contribution in [3.05, 3.63) is 29.8 Å².